The molecule has 14 heavy (non-hydrogen) atoms. The van der Waals surface area contributed by atoms with Crippen molar-refractivity contribution in [3.8, 4) is 11.5 Å². The van der Waals surface area contributed by atoms with Crippen LogP contribution in [0.15, 0.2) is 10.5 Å². The van der Waals surface area contributed by atoms with E-state index < -0.39 is 22.9 Å². The van der Waals surface area contributed by atoms with Crippen LogP contribution in [0.25, 0.3) is 0 Å². The van der Waals surface area contributed by atoms with Gasteiger partial charge in [0, 0.05) is 11.6 Å². The summed E-state index contributed by atoms with van der Waals surface area (Å²) in [4.78, 5) is 0. The summed E-state index contributed by atoms with van der Waals surface area (Å²) in [5, 5.41) is 28.2. The van der Waals surface area contributed by atoms with Gasteiger partial charge in [-0.1, -0.05) is 0 Å². The Hall–Kier alpha value is -0.810. The van der Waals surface area contributed by atoms with Crippen molar-refractivity contribution in [3.63, 3.8) is 0 Å². The van der Waals surface area contributed by atoms with Gasteiger partial charge in [-0.3, -0.25) is 0 Å². The summed E-state index contributed by atoms with van der Waals surface area (Å²) in [6.07, 6.45) is 0. The predicted octanol–water partition coefficient (Wildman–Crippen LogP) is 2.23. The van der Waals surface area contributed by atoms with Crippen molar-refractivity contribution in [1.82, 2.24) is 0 Å². The van der Waals surface area contributed by atoms with Gasteiger partial charge in [0.15, 0.2) is 11.5 Å². The second kappa shape index (κ2) is 3.40. The molecule has 78 valence electrons. The van der Waals surface area contributed by atoms with Gasteiger partial charge in [0.2, 0.25) is 0 Å². The van der Waals surface area contributed by atoms with Crippen LogP contribution in [0.5, 0.6) is 11.5 Å². The molecule has 0 saturated heterocycles. The maximum absolute atomic E-state index is 13.1. The van der Waals surface area contributed by atoms with Crippen LogP contribution < -0.4 is 0 Å². The van der Waals surface area contributed by atoms with E-state index in [-0.39, 0.29) is 10.0 Å². The van der Waals surface area contributed by atoms with E-state index >= 15 is 0 Å². The van der Waals surface area contributed by atoms with Crippen molar-refractivity contribution in [1.29, 1.82) is 0 Å². The maximum atomic E-state index is 13.1. The molecule has 0 unspecified atom stereocenters. The van der Waals surface area contributed by atoms with Gasteiger partial charge in [0.25, 0.3) is 0 Å². The molecule has 0 aliphatic carbocycles. The monoisotopic (exact) mass is 264 g/mol. The quantitative estimate of drug-likeness (QED) is 0.682. The van der Waals surface area contributed by atoms with Gasteiger partial charge in [-0.05, 0) is 29.8 Å². The molecule has 0 radical (unpaired) electrons. The third-order valence-electron chi connectivity index (χ3n) is 1.78. The highest BCUT2D eigenvalue weighted by atomic mass is 79.9. The average Bonchev–Trinajstić information content (AvgIpc) is 1.98. The first-order valence-electron chi connectivity index (χ1n) is 3.88. The van der Waals surface area contributed by atoms with Crippen LogP contribution >= 0.6 is 15.9 Å². The zero-order chi connectivity index (χ0) is 11.1. The van der Waals surface area contributed by atoms with E-state index in [4.69, 9.17) is 5.11 Å². The first kappa shape index (κ1) is 11.3. The van der Waals surface area contributed by atoms with Gasteiger partial charge in [-0.15, -0.1) is 0 Å². The smallest absolute Gasteiger partial charge is 0.164 e. The van der Waals surface area contributed by atoms with E-state index in [0.29, 0.717) is 0 Å². The van der Waals surface area contributed by atoms with Gasteiger partial charge in [-0.25, -0.2) is 4.39 Å². The van der Waals surface area contributed by atoms with Crippen LogP contribution in [0, 0.1) is 5.82 Å². The molecule has 0 spiro atoms. The topological polar surface area (TPSA) is 60.7 Å². The lowest BCUT2D eigenvalue weighted by atomic mass is 9.97. The molecule has 1 aromatic carbocycles. The van der Waals surface area contributed by atoms with Gasteiger partial charge >= 0.3 is 0 Å². The largest absolute Gasteiger partial charge is 0.504 e. The van der Waals surface area contributed by atoms with Gasteiger partial charge in [0.05, 0.1) is 10.1 Å². The van der Waals surface area contributed by atoms with Gasteiger partial charge in [0.1, 0.15) is 5.82 Å². The second-order valence-corrected chi connectivity index (χ2v) is 4.27. The number of hydrogen-bond donors (Lipinski definition) is 3. The van der Waals surface area contributed by atoms with E-state index in [1.54, 1.807) is 0 Å². The first-order chi connectivity index (χ1) is 6.25. The minimum Gasteiger partial charge on any atom is -0.504 e. The standard InChI is InChI=1S/C9H10BrFO3/c1-9(2,14)6-7(10)4(11)3-5(12)8(6)13/h3,12-14H,1-2H3. The highest BCUT2D eigenvalue weighted by Crippen LogP contribution is 2.42. The van der Waals surface area contributed by atoms with Crippen molar-refractivity contribution in [2.24, 2.45) is 0 Å². The Balaban J connectivity index is 3.56. The maximum Gasteiger partial charge on any atom is 0.164 e. The highest BCUT2D eigenvalue weighted by molar-refractivity contribution is 9.10. The Labute approximate surface area is 88.9 Å². The van der Waals surface area contributed by atoms with E-state index in [9.17, 15) is 14.6 Å². The van der Waals surface area contributed by atoms with Crippen molar-refractivity contribution >= 4 is 15.9 Å². The third kappa shape index (κ3) is 1.83. The number of rotatable bonds is 1. The molecule has 3 N–H and O–H groups in total. The van der Waals surface area contributed by atoms with Crippen LogP contribution in [-0.4, -0.2) is 15.3 Å². The van der Waals surface area contributed by atoms with E-state index in [1.807, 2.05) is 0 Å². The Kier molecular flexibility index (Phi) is 2.74. The third-order valence-corrected chi connectivity index (χ3v) is 2.56. The minimum absolute atomic E-state index is 0.0553. The Bertz CT molecular complexity index is 345. The number of phenols is 2. The SMILES string of the molecule is CC(C)(O)c1c(O)c(O)cc(F)c1Br. The summed E-state index contributed by atoms with van der Waals surface area (Å²) in [7, 11) is 0. The lowest BCUT2D eigenvalue weighted by Gasteiger charge is -2.21. The van der Waals surface area contributed by atoms with Crippen LogP contribution in [0.4, 0.5) is 4.39 Å². The Morgan fingerprint density at radius 3 is 2.29 bits per heavy atom. The van der Waals surface area contributed by atoms with Crippen molar-refractivity contribution in [2.45, 2.75) is 19.4 Å². The molecule has 0 heterocycles. The Morgan fingerprint density at radius 2 is 1.86 bits per heavy atom. The van der Waals surface area contributed by atoms with Gasteiger partial charge < -0.3 is 15.3 Å². The molecule has 0 amide bonds. The van der Waals surface area contributed by atoms with Crippen LogP contribution in [0.2, 0.25) is 0 Å². The van der Waals surface area contributed by atoms with E-state index in [0.717, 1.165) is 6.07 Å². The fraction of sp³-hybridized carbons (Fsp3) is 0.333. The van der Waals surface area contributed by atoms with Crippen LogP contribution in [0.3, 0.4) is 0 Å². The van der Waals surface area contributed by atoms with Crippen LogP contribution in [-0.2, 0) is 5.60 Å². The number of phenolic OH excluding ortho intramolecular Hbond substituents is 2. The number of aliphatic hydroxyl groups is 1. The molecule has 0 saturated carbocycles. The molecular weight excluding hydrogens is 255 g/mol. The summed E-state index contributed by atoms with van der Waals surface area (Å²) in [5.41, 5.74) is -1.52. The van der Waals surface area contributed by atoms with Crippen molar-refractivity contribution in [3.05, 3.63) is 21.9 Å². The summed E-state index contributed by atoms with van der Waals surface area (Å²) >= 11 is 2.89. The zero-order valence-electron chi connectivity index (χ0n) is 7.67. The molecule has 3 nitrogen and oxygen atoms in total. The zero-order valence-corrected chi connectivity index (χ0v) is 9.26. The summed E-state index contributed by atoms with van der Waals surface area (Å²) in [6, 6.07) is 0.772. The second-order valence-electron chi connectivity index (χ2n) is 3.47. The fourth-order valence-corrected chi connectivity index (χ4v) is 1.95. The summed E-state index contributed by atoms with van der Waals surface area (Å²) in [6.45, 7) is 2.76. The lowest BCUT2D eigenvalue weighted by Crippen LogP contribution is -2.17. The predicted molar refractivity (Wildman–Crippen MR) is 52.7 cm³/mol. The number of aromatic hydroxyl groups is 2. The molecule has 0 aliphatic rings. The normalized spacial score (nSPS) is 11.8. The molecule has 5 heteroatoms. The molecule has 0 fully saturated rings. The molecule has 0 bridgehead atoms. The highest BCUT2D eigenvalue weighted by Gasteiger charge is 2.27. The number of halogens is 2. The molecule has 0 aliphatic heterocycles. The molecule has 0 aromatic heterocycles. The van der Waals surface area contributed by atoms with Gasteiger partial charge in [-0.2, -0.15) is 0 Å². The molecule has 0 atom stereocenters. The van der Waals surface area contributed by atoms with E-state index in [1.165, 1.54) is 13.8 Å². The van der Waals surface area contributed by atoms with E-state index in [2.05, 4.69) is 15.9 Å². The average molecular weight is 265 g/mol. The lowest BCUT2D eigenvalue weighted by molar-refractivity contribution is 0.0740. The molecular formula is C9H10BrFO3. The number of benzene rings is 1. The minimum atomic E-state index is -1.44. The van der Waals surface area contributed by atoms with Crippen molar-refractivity contribution in [2.75, 3.05) is 0 Å². The van der Waals surface area contributed by atoms with Crippen LogP contribution in [0.1, 0.15) is 19.4 Å². The summed E-state index contributed by atoms with van der Waals surface area (Å²) in [5.74, 6) is -1.86. The first-order valence-corrected chi connectivity index (χ1v) is 4.67. The molecule has 1 aromatic rings. The molecule has 1 rings (SSSR count). The Morgan fingerprint density at radius 1 is 1.36 bits per heavy atom. The van der Waals surface area contributed by atoms with Crippen molar-refractivity contribution < 1.29 is 19.7 Å². The fourth-order valence-electron chi connectivity index (χ4n) is 1.16. The summed E-state index contributed by atoms with van der Waals surface area (Å²) < 4.78 is 13.1. The number of hydrogen-bond acceptors (Lipinski definition) is 3.